The highest BCUT2D eigenvalue weighted by atomic mass is 35.5. The van der Waals surface area contributed by atoms with Crippen molar-refractivity contribution in [1.82, 2.24) is 10.4 Å². The number of thiocarbonyl (C=S) groups is 1. The Bertz CT molecular complexity index is 1430. The van der Waals surface area contributed by atoms with Crippen LogP contribution >= 0.6 is 23.8 Å². The van der Waals surface area contributed by atoms with Gasteiger partial charge in [0.2, 0.25) is 11.0 Å². The Kier molecular flexibility index (Phi) is 8.52. The van der Waals surface area contributed by atoms with Gasteiger partial charge in [-0.15, -0.1) is 0 Å². The lowest BCUT2D eigenvalue weighted by atomic mass is 10.1. The first-order chi connectivity index (χ1) is 18.7. The highest BCUT2D eigenvalue weighted by molar-refractivity contribution is 7.80. The van der Waals surface area contributed by atoms with E-state index in [2.05, 4.69) is 10.7 Å². The fraction of sp³-hybridized carbons (Fsp3) is 0.148. The summed E-state index contributed by atoms with van der Waals surface area (Å²) in [5.74, 6) is -2.99. The van der Waals surface area contributed by atoms with Gasteiger partial charge in [-0.2, -0.15) is 0 Å². The number of nitrogens with zero attached hydrogens (tertiary/aromatic N) is 2. The third kappa shape index (κ3) is 6.39. The number of esters is 1. The molecule has 0 radical (unpaired) electrons. The maximum absolute atomic E-state index is 13.7. The fourth-order valence-electron chi connectivity index (χ4n) is 3.82. The molecule has 0 aliphatic carbocycles. The molecule has 39 heavy (non-hydrogen) atoms. The molecule has 3 amide bonds. The van der Waals surface area contributed by atoms with Gasteiger partial charge in [0, 0.05) is 16.3 Å². The lowest BCUT2D eigenvalue weighted by molar-refractivity contribution is -0.124. The molecule has 1 unspecified atom stereocenters. The Morgan fingerprint density at radius 3 is 2.36 bits per heavy atom. The number of halogens is 2. The molecule has 4 rings (SSSR count). The van der Waals surface area contributed by atoms with Gasteiger partial charge in [0.05, 0.1) is 24.3 Å². The molecule has 0 aromatic heterocycles. The van der Waals surface area contributed by atoms with Crippen LogP contribution in [0.1, 0.15) is 34.1 Å². The molecule has 9 nitrogen and oxygen atoms in total. The van der Waals surface area contributed by atoms with Crippen LogP contribution in [0.2, 0.25) is 5.02 Å². The molecule has 3 aromatic rings. The van der Waals surface area contributed by atoms with Gasteiger partial charge < -0.3 is 10.1 Å². The molecule has 200 valence electrons. The second-order valence-electron chi connectivity index (χ2n) is 8.32. The summed E-state index contributed by atoms with van der Waals surface area (Å²) in [5.41, 5.74) is 3.56. The Balaban J connectivity index is 1.60. The number of amides is 3. The summed E-state index contributed by atoms with van der Waals surface area (Å²) >= 11 is 11.4. The van der Waals surface area contributed by atoms with Gasteiger partial charge >= 0.3 is 5.97 Å². The van der Waals surface area contributed by atoms with Crippen LogP contribution in [0.5, 0.6) is 0 Å². The number of anilines is 2. The van der Waals surface area contributed by atoms with Crippen LogP contribution in [0.15, 0.2) is 72.8 Å². The predicted octanol–water partition coefficient (Wildman–Crippen LogP) is 4.33. The Morgan fingerprint density at radius 1 is 1.03 bits per heavy atom. The van der Waals surface area contributed by atoms with Crippen molar-refractivity contribution in [2.45, 2.75) is 19.4 Å². The van der Waals surface area contributed by atoms with Crippen molar-refractivity contribution in [2.75, 3.05) is 16.8 Å². The summed E-state index contributed by atoms with van der Waals surface area (Å²) in [4.78, 5) is 52.5. The quantitative estimate of drug-likeness (QED) is 0.307. The van der Waals surface area contributed by atoms with E-state index in [9.17, 15) is 23.6 Å². The monoisotopic (exact) mass is 568 g/mol. The highest BCUT2D eigenvalue weighted by Gasteiger charge is 2.45. The number of hydrogen-bond acceptors (Lipinski definition) is 6. The minimum Gasteiger partial charge on any atom is -0.462 e. The third-order valence-electron chi connectivity index (χ3n) is 5.67. The first-order valence-electron chi connectivity index (χ1n) is 11.7. The summed E-state index contributed by atoms with van der Waals surface area (Å²) in [7, 11) is 0. The summed E-state index contributed by atoms with van der Waals surface area (Å²) < 4.78 is 18.7. The molecule has 0 spiro atoms. The zero-order valence-electron chi connectivity index (χ0n) is 20.5. The average Bonchev–Trinajstić information content (AvgIpc) is 3.14. The zero-order chi connectivity index (χ0) is 28.1. The van der Waals surface area contributed by atoms with Crippen LogP contribution in [0, 0.1) is 5.82 Å². The van der Waals surface area contributed by atoms with Gasteiger partial charge in [0.25, 0.3) is 11.8 Å². The Morgan fingerprint density at radius 2 is 1.72 bits per heavy atom. The SMILES string of the molecule is CCOC(=O)c1ccc(N2C(=O)C(CC(=O)Nc3ccc(Cl)cc3)N(NC(=O)c3cccc(F)c3)C2=S)cc1. The molecule has 1 heterocycles. The van der Waals surface area contributed by atoms with Crippen molar-refractivity contribution in [3.63, 3.8) is 0 Å². The normalized spacial score (nSPS) is 14.8. The Hall–Kier alpha value is -4.35. The van der Waals surface area contributed by atoms with E-state index in [0.29, 0.717) is 16.4 Å². The zero-order valence-corrected chi connectivity index (χ0v) is 22.1. The topological polar surface area (TPSA) is 108 Å². The average molecular weight is 569 g/mol. The largest absolute Gasteiger partial charge is 0.462 e. The van der Waals surface area contributed by atoms with Crippen LogP contribution in [0.4, 0.5) is 15.8 Å². The number of hydrazine groups is 1. The number of ether oxygens (including phenoxy) is 1. The minimum atomic E-state index is -1.22. The highest BCUT2D eigenvalue weighted by Crippen LogP contribution is 2.27. The minimum absolute atomic E-state index is 0.00754. The van der Waals surface area contributed by atoms with Gasteiger partial charge in [0.1, 0.15) is 11.9 Å². The van der Waals surface area contributed by atoms with Gasteiger partial charge in [-0.1, -0.05) is 17.7 Å². The second kappa shape index (κ2) is 12.0. The van der Waals surface area contributed by atoms with E-state index in [0.717, 1.165) is 16.0 Å². The third-order valence-corrected chi connectivity index (χ3v) is 6.30. The standard InChI is InChI=1S/C27H22ClFN4O5S/c1-2-38-26(37)16-6-12-21(13-7-16)32-25(36)22(15-23(34)30-20-10-8-18(28)9-11-20)33(27(32)39)31-24(35)17-4-3-5-19(29)14-17/h3-14,22H,2,15H2,1H3,(H,30,34)(H,31,35). The maximum atomic E-state index is 13.7. The molecule has 12 heteroatoms. The number of hydrogen-bond donors (Lipinski definition) is 2. The first-order valence-corrected chi connectivity index (χ1v) is 12.5. The molecular formula is C27H22ClFN4O5S. The fourth-order valence-corrected chi connectivity index (χ4v) is 4.32. The number of rotatable bonds is 8. The molecule has 1 aliphatic heterocycles. The van der Waals surface area contributed by atoms with E-state index in [4.69, 9.17) is 28.6 Å². The lowest BCUT2D eigenvalue weighted by Gasteiger charge is -2.24. The number of nitrogens with one attached hydrogen (secondary N) is 2. The number of carbonyl (C=O) groups is 4. The molecule has 0 saturated carbocycles. The van der Waals surface area contributed by atoms with Crippen LogP contribution in [0.3, 0.4) is 0 Å². The van der Waals surface area contributed by atoms with Crippen LogP contribution < -0.4 is 15.6 Å². The smallest absolute Gasteiger partial charge is 0.338 e. The summed E-state index contributed by atoms with van der Waals surface area (Å²) in [5, 5.41) is 4.16. The van der Waals surface area contributed by atoms with Crippen LogP contribution in [0.25, 0.3) is 0 Å². The Labute approximate surface area is 233 Å². The van der Waals surface area contributed by atoms with Crippen molar-refractivity contribution in [3.8, 4) is 0 Å². The van der Waals surface area contributed by atoms with E-state index in [1.807, 2.05) is 0 Å². The van der Waals surface area contributed by atoms with Gasteiger partial charge in [-0.25, -0.2) is 14.2 Å². The van der Waals surface area contributed by atoms with Gasteiger partial charge in [-0.05, 0) is 85.9 Å². The predicted molar refractivity (Wildman–Crippen MR) is 147 cm³/mol. The first kappa shape index (κ1) is 27.7. The van der Waals surface area contributed by atoms with Crippen LogP contribution in [-0.4, -0.2) is 46.5 Å². The van der Waals surface area contributed by atoms with E-state index in [1.165, 1.54) is 42.5 Å². The van der Waals surface area contributed by atoms with Crippen molar-refractivity contribution in [2.24, 2.45) is 0 Å². The summed E-state index contributed by atoms with van der Waals surface area (Å²) in [6.07, 6.45) is -0.373. The molecule has 3 aromatic carbocycles. The maximum Gasteiger partial charge on any atom is 0.338 e. The molecule has 1 aliphatic rings. The molecule has 1 saturated heterocycles. The van der Waals surface area contributed by atoms with Gasteiger partial charge in [0.15, 0.2) is 0 Å². The second-order valence-corrected chi connectivity index (χ2v) is 9.12. The molecule has 1 atom stereocenters. The van der Waals surface area contributed by atoms with Crippen molar-refractivity contribution in [3.05, 3.63) is 94.8 Å². The van der Waals surface area contributed by atoms with E-state index < -0.39 is 35.5 Å². The summed E-state index contributed by atoms with van der Waals surface area (Å²) in [6, 6.07) is 16.1. The van der Waals surface area contributed by atoms with E-state index in [-0.39, 0.29) is 29.3 Å². The lowest BCUT2D eigenvalue weighted by Crippen LogP contribution is -2.49. The number of carbonyl (C=O) groups excluding carboxylic acids is 4. The van der Waals surface area contributed by atoms with E-state index in [1.54, 1.807) is 31.2 Å². The van der Waals surface area contributed by atoms with Crippen molar-refractivity contribution in [1.29, 1.82) is 0 Å². The van der Waals surface area contributed by atoms with Crippen molar-refractivity contribution < 1.29 is 28.3 Å². The molecule has 0 bridgehead atoms. The molecule has 1 fully saturated rings. The number of benzene rings is 3. The van der Waals surface area contributed by atoms with Crippen LogP contribution in [-0.2, 0) is 14.3 Å². The van der Waals surface area contributed by atoms with Gasteiger partial charge in [-0.3, -0.25) is 24.7 Å². The molecule has 2 N–H and O–H groups in total. The molecular weight excluding hydrogens is 547 g/mol. The van der Waals surface area contributed by atoms with E-state index >= 15 is 0 Å². The van der Waals surface area contributed by atoms with Crippen molar-refractivity contribution >= 4 is 64.0 Å². The summed E-state index contributed by atoms with van der Waals surface area (Å²) in [6.45, 7) is 1.89.